The van der Waals surface area contributed by atoms with Gasteiger partial charge in [0.05, 0.1) is 19.1 Å². The summed E-state index contributed by atoms with van der Waals surface area (Å²) < 4.78 is 10.2. The van der Waals surface area contributed by atoms with E-state index in [9.17, 15) is 9.59 Å². The van der Waals surface area contributed by atoms with Crippen LogP contribution < -0.4 is 0 Å². The minimum Gasteiger partial charge on any atom is -0.469 e. The molecule has 0 spiro atoms. The second-order valence-electron chi connectivity index (χ2n) is 5.51. The van der Waals surface area contributed by atoms with Crippen LogP contribution in [0, 0.1) is 5.92 Å². The number of carbonyl (C=O) groups excluding carboxylic acids is 2. The molecule has 0 bridgehead atoms. The first-order valence-electron chi connectivity index (χ1n) is 7.27. The number of carbonyl (C=O) groups is 2. The molecule has 2 aliphatic rings. The van der Waals surface area contributed by atoms with Crippen molar-refractivity contribution in [2.45, 2.75) is 24.9 Å². The standard InChI is InChI=1S/C16H19NO4/c1-20-15(18)12-8-5-9-17-13(10-21-16(19)14(12)17)11-6-3-2-4-7-11/h2-4,6-7,12-14H,5,8-10H2,1H3. The molecule has 5 heteroatoms. The molecule has 112 valence electrons. The molecule has 3 rings (SSSR count). The molecule has 0 N–H and O–H groups in total. The number of piperidine rings is 1. The Hall–Kier alpha value is -1.88. The number of ether oxygens (including phenoxy) is 2. The number of esters is 2. The molecule has 1 aromatic rings. The van der Waals surface area contributed by atoms with Gasteiger partial charge in [-0.2, -0.15) is 0 Å². The van der Waals surface area contributed by atoms with Gasteiger partial charge in [-0.25, -0.2) is 0 Å². The van der Waals surface area contributed by atoms with Gasteiger partial charge in [0.15, 0.2) is 0 Å². The molecule has 21 heavy (non-hydrogen) atoms. The summed E-state index contributed by atoms with van der Waals surface area (Å²) in [6.45, 7) is 1.14. The van der Waals surface area contributed by atoms with E-state index < -0.39 is 12.0 Å². The van der Waals surface area contributed by atoms with Crippen LogP contribution in [0.2, 0.25) is 0 Å². The van der Waals surface area contributed by atoms with Gasteiger partial charge in [-0.1, -0.05) is 30.3 Å². The number of fused-ring (bicyclic) bond motifs is 1. The van der Waals surface area contributed by atoms with E-state index in [-0.39, 0.29) is 18.0 Å². The monoisotopic (exact) mass is 289 g/mol. The van der Waals surface area contributed by atoms with Gasteiger partial charge in [-0.05, 0) is 24.9 Å². The zero-order valence-corrected chi connectivity index (χ0v) is 12.0. The van der Waals surface area contributed by atoms with Crippen LogP contribution in [-0.2, 0) is 19.1 Å². The largest absolute Gasteiger partial charge is 0.469 e. The predicted octanol–water partition coefficient (Wildman–Crippen LogP) is 1.54. The van der Waals surface area contributed by atoms with Crippen molar-refractivity contribution >= 4 is 11.9 Å². The van der Waals surface area contributed by atoms with Gasteiger partial charge in [-0.15, -0.1) is 0 Å². The van der Waals surface area contributed by atoms with Crippen LogP contribution in [0.4, 0.5) is 0 Å². The van der Waals surface area contributed by atoms with E-state index in [0.29, 0.717) is 13.0 Å². The van der Waals surface area contributed by atoms with E-state index in [2.05, 4.69) is 4.90 Å². The maximum absolute atomic E-state index is 12.2. The average molecular weight is 289 g/mol. The van der Waals surface area contributed by atoms with Crippen molar-refractivity contribution in [2.75, 3.05) is 20.3 Å². The quantitative estimate of drug-likeness (QED) is 0.773. The highest BCUT2D eigenvalue weighted by molar-refractivity contribution is 5.85. The molecule has 5 nitrogen and oxygen atoms in total. The Bertz CT molecular complexity index is 530. The van der Waals surface area contributed by atoms with Crippen LogP contribution in [0.5, 0.6) is 0 Å². The van der Waals surface area contributed by atoms with E-state index in [1.54, 1.807) is 0 Å². The van der Waals surface area contributed by atoms with Crippen molar-refractivity contribution in [2.24, 2.45) is 5.92 Å². The smallest absolute Gasteiger partial charge is 0.324 e. The zero-order valence-electron chi connectivity index (χ0n) is 12.0. The Morgan fingerprint density at radius 2 is 2.10 bits per heavy atom. The summed E-state index contributed by atoms with van der Waals surface area (Å²) in [4.78, 5) is 26.2. The molecule has 0 aromatic heterocycles. The third-order valence-corrected chi connectivity index (χ3v) is 4.38. The lowest BCUT2D eigenvalue weighted by Gasteiger charge is -2.46. The molecule has 0 radical (unpaired) electrons. The van der Waals surface area contributed by atoms with E-state index in [1.165, 1.54) is 7.11 Å². The maximum Gasteiger partial charge on any atom is 0.324 e. The first-order valence-corrected chi connectivity index (χ1v) is 7.27. The Morgan fingerprint density at radius 3 is 2.81 bits per heavy atom. The summed E-state index contributed by atoms with van der Waals surface area (Å²) in [7, 11) is 1.37. The third kappa shape index (κ3) is 2.53. The molecule has 3 unspecified atom stereocenters. The maximum atomic E-state index is 12.2. The molecule has 2 heterocycles. The molecule has 2 fully saturated rings. The highest BCUT2D eigenvalue weighted by atomic mass is 16.5. The van der Waals surface area contributed by atoms with Gasteiger partial charge in [0.2, 0.25) is 0 Å². The van der Waals surface area contributed by atoms with Crippen LogP contribution in [0.25, 0.3) is 0 Å². The predicted molar refractivity (Wildman–Crippen MR) is 75.4 cm³/mol. The van der Waals surface area contributed by atoms with Gasteiger partial charge in [-0.3, -0.25) is 14.5 Å². The van der Waals surface area contributed by atoms with E-state index in [4.69, 9.17) is 9.47 Å². The van der Waals surface area contributed by atoms with E-state index >= 15 is 0 Å². The number of rotatable bonds is 2. The van der Waals surface area contributed by atoms with Crippen molar-refractivity contribution in [3.05, 3.63) is 35.9 Å². The van der Waals surface area contributed by atoms with Gasteiger partial charge in [0.25, 0.3) is 0 Å². The number of nitrogens with zero attached hydrogens (tertiary/aromatic N) is 1. The second kappa shape index (κ2) is 5.85. The highest BCUT2D eigenvalue weighted by Crippen LogP contribution is 2.36. The number of methoxy groups -OCH3 is 1. The molecule has 2 saturated heterocycles. The molecule has 0 amide bonds. The SMILES string of the molecule is COC(=O)C1CCCN2C(c3ccccc3)COC(=O)C12. The summed E-state index contributed by atoms with van der Waals surface area (Å²) in [6, 6.07) is 9.46. The lowest BCUT2D eigenvalue weighted by atomic mass is 9.86. The van der Waals surface area contributed by atoms with Crippen molar-refractivity contribution in [1.29, 1.82) is 0 Å². The summed E-state index contributed by atoms with van der Waals surface area (Å²) in [5.41, 5.74) is 1.11. The van der Waals surface area contributed by atoms with E-state index in [1.807, 2.05) is 30.3 Å². The molecule has 3 atom stereocenters. The first-order chi connectivity index (χ1) is 10.2. The van der Waals surface area contributed by atoms with Crippen molar-refractivity contribution in [1.82, 2.24) is 4.90 Å². The molecule has 0 saturated carbocycles. The fourth-order valence-electron chi connectivity index (χ4n) is 3.37. The van der Waals surface area contributed by atoms with Gasteiger partial charge in [0.1, 0.15) is 12.6 Å². The van der Waals surface area contributed by atoms with Gasteiger partial charge >= 0.3 is 11.9 Å². The Kier molecular flexibility index (Phi) is 3.92. The molecular weight excluding hydrogens is 270 g/mol. The lowest BCUT2D eigenvalue weighted by molar-refractivity contribution is -0.176. The van der Waals surface area contributed by atoms with Crippen LogP contribution in [0.15, 0.2) is 30.3 Å². The minimum absolute atomic E-state index is 0.0151. The fourth-order valence-corrected chi connectivity index (χ4v) is 3.37. The first kappa shape index (κ1) is 14.1. The summed E-state index contributed by atoms with van der Waals surface area (Å²) in [6.07, 6.45) is 1.55. The minimum atomic E-state index is -0.523. The number of hydrogen-bond donors (Lipinski definition) is 0. The van der Waals surface area contributed by atoms with Crippen molar-refractivity contribution in [3.8, 4) is 0 Å². The number of morpholine rings is 1. The number of cyclic esters (lactones) is 1. The van der Waals surface area contributed by atoms with Crippen LogP contribution >= 0.6 is 0 Å². The Labute approximate surface area is 123 Å². The Morgan fingerprint density at radius 1 is 1.33 bits per heavy atom. The molecular formula is C16H19NO4. The Balaban J connectivity index is 1.90. The summed E-state index contributed by atoms with van der Waals surface area (Å²) in [5.74, 6) is -1.06. The van der Waals surface area contributed by atoms with Gasteiger partial charge < -0.3 is 9.47 Å². The third-order valence-electron chi connectivity index (χ3n) is 4.38. The van der Waals surface area contributed by atoms with Crippen molar-refractivity contribution < 1.29 is 19.1 Å². The van der Waals surface area contributed by atoms with Gasteiger partial charge in [0, 0.05) is 0 Å². The topological polar surface area (TPSA) is 55.8 Å². The summed E-state index contributed by atoms with van der Waals surface area (Å²) in [5, 5.41) is 0. The zero-order chi connectivity index (χ0) is 14.8. The molecule has 0 aliphatic carbocycles. The van der Waals surface area contributed by atoms with Crippen LogP contribution in [-0.4, -0.2) is 43.1 Å². The highest BCUT2D eigenvalue weighted by Gasteiger charge is 2.48. The van der Waals surface area contributed by atoms with Crippen molar-refractivity contribution in [3.63, 3.8) is 0 Å². The lowest BCUT2D eigenvalue weighted by Crippen LogP contribution is -2.58. The second-order valence-corrected chi connectivity index (χ2v) is 5.51. The number of benzene rings is 1. The van der Waals surface area contributed by atoms with E-state index in [0.717, 1.165) is 18.5 Å². The summed E-state index contributed by atoms with van der Waals surface area (Å²) >= 11 is 0. The fraction of sp³-hybridized carbons (Fsp3) is 0.500. The molecule has 2 aliphatic heterocycles. The normalized spacial score (nSPS) is 29.4. The number of hydrogen-bond acceptors (Lipinski definition) is 5. The average Bonchev–Trinajstić information content (AvgIpc) is 2.55. The van der Waals surface area contributed by atoms with Crippen LogP contribution in [0.3, 0.4) is 0 Å². The van der Waals surface area contributed by atoms with Crippen LogP contribution in [0.1, 0.15) is 24.4 Å². The molecule has 1 aromatic carbocycles.